The van der Waals surface area contributed by atoms with Gasteiger partial charge in [-0.15, -0.1) is 0 Å². The SMILES string of the molecule is CC1(C)[C@@H](N)[C@@H]1c1cccc(Br)c1F. The molecule has 2 N–H and O–H groups in total. The van der Waals surface area contributed by atoms with E-state index >= 15 is 0 Å². The van der Waals surface area contributed by atoms with Crippen molar-refractivity contribution in [1.29, 1.82) is 0 Å². The van der Waals surface area contributed by atoms with Gasteiger partial charge in [-0.3, -0.25) is 0 Å². The Morgan fingerprint density at radius 2 is 2.00 bits per heavy atom. The molecule has 0 bridgehead atoms. The second-order valence-electron chi connectivity index (χ2n) is 4.47. The third-order valence-electron chi connectivity index (χ3n) is 3.23. The predicted molar refractivity (Wildman–Crippen MR) is 58.6 cm³/mol. The molecule has 0 radical (unpaired) electrons. The molecule has 2 atom stereocenters. The van der Waals surface area contributed by atoms with Crippen molar-refractivity contribution >= 4 is 15.9 Å². The Balaban J connectivity index is 2.40. The van der Waals surface area contributed by atoms with Gasteiger partial charge >= 0.3 is 0 Å². The summed E-state index contributed by atoms with van der Waals surface area (Å²) < 4.78 is 14.2. The van der Waals surface area contributed by atoms with Gasteiger partial charge in [0.05, 0.1) is 4.47 Å². The molecular formula is C11H13BrFN. The van der Waals surface area contributed by atoms with Crippen molar-refractivity contribution in [3.05, 3.63) is 34.1 Å². The number of hydrogen-bond acceptors (Lipinski definition) is 1. The Hall–Kier alpha value is -0.410. The van der Waals surface area contributed by atoms with Gasteiger partial charge < -0.3 is 5.73 Å². The molecule has 0 heterocycles. The van der Waals surface area contributed by atoms with Crippen molar-refractivity contribution in [2.75, 3.05) is 0 Å². The van der Waals surface area contributed by atoms with E-state index in [0.717, 1.165) is 5.56 Å². The molecule has 1 aliphatic rings. The third-order valence-corrected chi connectivity index (χ3v) is 3.84. The summed E-state index contributed by atoms with van der Waals surface area (Å²) in [5, 5.41) is 0. The van der Waals surface area contributed by atoms with Crippen molar-refractivity contribution in [3.8, 4) is 0 Å². The zero-order valence-corrected chi connectivity index (χ0v) is 9.81. The molecule has 14 heavy (non-hydrogen) atoms. The van der Waals surface area contributed by atoms with Crippen molar-refractivity contribution < 1.29 is 4.39 Å². The van der Waals surface area contributed by atoms with Gasteiger partial charge in [-0.05, 0) is 33.0 Å². The molecule has 0 aromatic heterocycles. The average molecular weight is 258 g/mol. The highest BCUT2D eigenvalue weighted by Gasteiger charge is 2.57. The van der Waals surface area contributed by atoms with Crippen molar-refractivity contribution in [2.45, 2.75) is 25.8 Å². The molecule has 1 aromatic rings. The summed E-state index contributed by atoms with van der Waals surface area (Å²) in [5.74, 6) is -0.0153. The van der Waals surface area contributed by atoms with Crippen molar-refractivity contribution in [2.24, 2.45) is 11.1 Å². The predicted octanol–water partition coefficient (Wildman–Crippen LogP) is 3.04. The van der Waals surface area contributed by atoms with E-state index in [0.29, 0.717) is 4.47 Å². The van der Waals surface area contributed by atoms with E-state index in [4.69, 9.17) is 5.73 Å². The quantitative estimate of drug-likeness (QED) is 0.823. The van der Waals surface area contributed by atoms with Crippen molar-refractivity contribution in [1.82, 2.24) is 0 Å². The molecule has 1 nitrogen and oxygen atoms in total. The molecule has 1 aliphatic carbocycles. The fraction of sp³-hybridized carbons (Fsp3) is 0.455. The molecule has 0 amide bonds. The number of nitrogens with two attached hydrogens (primary N) is 1. The highest BCUT2D eigenvalue weighted by Crippen LogP contribution is 2.58. The first-order valence-corrected chi connectivity index (χ1v) is 5.45. The summed E-state index contributed by atoms with van der Waals surface area (Å²) in [4.78, 5) is 0. The molecule has 76 valence electrons. The van der Waals surface area contributed by atoms with Crippen LogP contribution < -0.4 is 5.73 Å². The number of hydrogen-bond donors (Lipinski definition) is 1. The fourth-order valence-corrected chi connectivity index (χ4v) is 2.41. The van der Waals surface area contributed by atoms with Crippen LogP contribution in [0.3, 0.4) is 0 Å². The molecule has 3 heteroatoms. The summed E-state index contributed by atoms with van der Waals surface area (Å²) in [6.45, 7) is 4.14. The lowest BCUT2D eigenvalue weighted by atomic mass is 10.0. The van der Waals surface area contributed by atoms with E-state index in [9.17, 15) is 4.39 Å². The monoisotopic (exact) mass is 257 g/mol. The minimum Gasteiger partial charge on any atom is -0.327 e. The molecule has 2 rings (SSSR count). The minimum atomic E-state index is -0.168. The van der Waals surface area contributed by atoms with E-state index in [2.05, 4.69) is 29.8 Å². The lowest BCUT2D eigenvalue weighted by Crippen LogP contribution is -2.06. The molecule has 0 saturated heterocycles. The maximum absolute atomic E-state index is 13.7. The summed E-state index contributed by atoms with van der Waals surface area (Å²) in [7, 11) is 0. The summed E-state index contributed by atoms with van der Waals surface area (Å²) in [6.07, 6.45) is 0. The van der Waals surface area contributed by atoms with Crippen LogP contribution in [0.5, 0.6) is 0 Å². The largest absolute Gasteiger partial charge is 0.327 e. The van der Waals surface area contributed by atoms with Crippen molar-refractivity contribution in [3.63, 3.8) is 0 Å². The minimum absolute atomic E-state index is 0.0294. The standard InChI is InChI=1S/C11H13BrFN/c1-11(2)8(10(11)14)6-4-3-5-7(12)9(6)13/h3-5,8,10H,14H2,1-2H3/t8-,10-/m0/s1. The average Bonchev–Trinajstić information content (AvgIpc) is 2.59. The second-order valence-corrected chi connectivity index (χ2v) is 5.32. The zero-order chi connectivity index (χ0) is 10.5. The van der Waals surface area contributed by atoms with E-state index in [-0.39, 0.29) is 23.2 Å². The van der Waals surface area contributed by atoms with Gasteiger partial charge in [0.1, 0.15) is 5.82 Å². The first kappa shape index (κ1) is 10.1. The normalized spacial score (nSPS) is 28.9. The van der Waals surface area contributed by atoms with E-state index in [1.807, 2.05) is 12.1 Å². The Morgan fingerprint density at radius 3 is 2.50 bits per heavy atom. The van der Waals surface area contributed by atoms with Crippen LogP contribution in [0.2, 0.25) is 0 Å². The van der Waals surface area contributed by atoms with Crippen LogP contribution >= 0.6 is 15.9 Å². The molecule has 0 spiro atoms. The van der Waals surface area contributed by atoms with Crippen LogP contribution in [0.25, 0.3) is 0 Å². The molecule has 0 aliphatic heterocycles. The molecule has 1 aromatic carbocycles. The summed E-state index contributed by atoms with van der Waals surface area (Å²) in [5.41, 5.74) is 6.68. The first-order chi connectivity index (χ1) is 6.46. The van der Waals surface area contributed by atoms with Gasteiger partial charge in [0.2, 0.25) is 0 Å². The van der Waals surface area contributed by atoms with Gasteiger partial charge in [0.15, 0.2) is 0 Å². The molecule has 1 fully saturated rings. The molecular weight excluding hydrogens is 245 g/mol. The van der Waals surface area contributed by atoms with Gasteiger partial charge in [-0.25, -0.2) is 4.39 Å². The Bertz CT molecular complexity index is 376. The van der Waals surface area contributed by atoms with Gasteiger partial charge in [0, 0.05) is 12.0 Å². The van der Waals surface area contributed by atoms with Crippen LogP contribution in [0.1, 0.15) is 25.3 Å². The Morgan fingerprint density at radius 1 is 1.43 bits per heavy atom. The zero-order valence-electron chi connectivity index (χ0n) is 8.22. The summed E-state index contributed by atoms with van der Waals surface area (Å²) >= 11 is 3.18. The Labute approximate surface area is 91.6 Å². The lowest BCUT2D eigenvalue weighted by Gasteiger charge is -2.05. The summed E-state index contributed by atoms with van der Waals surface area (Å²) in [6, 6.07) is 5.45. The van der Waals surface area contributed by atoms with Crippen LogP contribution in [-0.4, -0.2) is 6.04 Å². The van der Waals surface area contributed by atoms with E-state index in [1.54, 1.807) is 6.07 Å². The maximum atomic E-state index is 13.7. The third kappa shape index (κ3) is 1.30. The number of halogens is 2. The Kier molecular flexibility index (Phi) is 2.20. The van der Waals surface area contributed by atoms with Gasteiger partial charge in [0.25, 0.3) is 0 Å². The topological polar surface area (TPSA) is 26.0 Å². The molecule has 0 unspecified atom stereocenters. The van der Waals surface area contributed by atoms with Gasteiger partial charge in [-0.2, -0.15) is 0 Å². The number of benzene rings is 1. The van der Waals surface area contributed by atoms with Gasteiger partial charge in [-0.1, -0.05) is 26.0 Å². The van der Waals surface area contributed by atoms with Crippen LogP contribution in [0, 0.1) is 11.2 Å². The number of rotatable bonds is 1. The fourth-order valence-electron chi connectivity index (χ4n) is 2.03. The highest BCUT2D eigenvalue weighted by molar-refractivity contribution is 9.10. The van der Waals surface area contributed by atoms with Crippen LogP contribution in [0.15, 0.2) is 22.7 Å². The van der Waals surface area contributed by atoms with E-state index in [1.165, 1.54) is 0 Å². The van der Waals surface area contributed by atoms with E-state index < -0.39 is 0 Å². The highest BCUT2D eigenvalue weighted by atomic mass is 79.9. The maximum Gasteiger partial charge on any atom is 0.140 e. The lowest BCUT2D eigenvalue weighted by molar-refractivity contribution is 0.568. The second kappa shape index (κ2) is 3.04. The van der Waals surface area contributed by atoms with Crippen LogP contribution in [0.4, 0.5) is 4.39 Å². The first-order valence-electron chi connectivity index (χ1n) is 4.65. The van der Waals surface area contributed by atoms with Crippen LogP contribution in [-0.2, 0) is 0 Å². The smallest absolute Gasteiger partial charge is 0.140 e. The molecule has 1 saturated carbocycles.